The van der Waals surface area contributed by atoms with Crippen LogP contribution in [0.3, 0.4) is 0 Å². The summed E-state index contributed by atoms with van der Waals surface area (Å²) in [5, 5.41) is 19.0. The second-order valence-corrected chi connectivity index (χ2v) is 5.17. The van der Waals surface area contributed by atoms with Crippen molar-refractivity contribution in [1.29, 1.82) is 0 Å². The summed E-state index contributed by atoms with van der Waals surface area (Å²) in [5.41, 5.74) is 0.442. The van der Waals surface area contributed by atoms with Crippen LogP contribution in [0.25, 0.3) is 11.4 Å². The lowest BCUT2D eigenvalue weighted by atomic mass is 10.2. The molecule has 1 heterocycles. The topological polar surface area (TPSA) is 100 Å². The molecule has 26 heavy (non-hydrogen) atoms. The molecular formula is C17H14F2N4O3. The van der Waals surface area contributed by atoms with Gasteiger partial charge in [-0.05, 0) is 24.3 Å². The Kier molecular flexibility index (Phi) is 5.07. The number of aromatic hydroxyl groups is 1. The Morgan fingerprint density at radius 1 is 1.19 bits per heavy atom. The monoisotopic (exact) mass is 360 g/mol. The third-order valence-electron chi connectivity index (χ3n) is 3.45. The summed E-state index contributed by atoms with van der Waals surface area (Å²) < 4.78 is 29.2. The number of para-hydroxylation sites is 2. The zero-order valence-corrected chi connectivity index (χ0v) is 13.3. The number of hydrogen-bond donors (Lipinski definition) is 3. The number of carbonyl (C=O) groups is 1. The summed E-state index contributed by atoms with van der Waals surface area (Å²) in [6.07, 6.45) is 0. The number of hydrogen-bond acceptors (Lipinski definition) is 5. The van der Waals surface area contributed by atoms with E-state index in [1.807, 2.05) is 0 Å². The first kappa shape index (κ1) is 17.3. The summed E-state index contributed by atoms with van der Waals surface area (Å²) in [4.78, 5) is 16.4. The lowest BCUT2D eigenvalue weighted by Crippen LogP contribution is -2.24. The molecule has 0 atom stereocenters. The smallest absolute Gasteiger partial charge is 0.387 e. The van der Waals surface area contributed by atoms with Gasteiger partial charge in [-0.25, -0.2) is 4.98 Å². The third kappa shape index (κ3) is 3.94. The maximum absolute atomic E-state index is 12.4. The normalized spacial score (nSPS) is 10.7. The van der Waals surface area contributed by atoms with E-state index < -0.39 is 12.5 Å². The second-order valence-electron chi connectivity index (χ2n) is 5.17. The molecule has 7 nitrogen and oxygen atoms in total. The number of phenols is 1. The number of H-pyrrole nitrogens is 1. The van der Waals surface area contributed by atoms with Gasteiger partial charge in [0.25, 0.3) is 5.91 Å². The van der Waals surface area contributed by atoms with Crippen LogP contribution in [0.5, 0.6) is 11.5 Å². The first-order chi connectivity index (χ1) is 12.5. The summed E-state index contributed by atoms with van der Waals surface area (Å²) in [7, 11) is 0. The predicted octanol–water partition coefficient (Wildman–Crippen LogP) is 2.71. The fourth-order valence-electron chi connectivity index (χ4n) is 2.28. The molecule has 0 saturated carbocycles. The van der Waals surface area contributed by atoms with Crippen LogP contribution in [0, 0.1) is 0 Å². The Hall–Kier alpha value is -3.49. The number of aromatic amines is 1. The maximum atomic E-state index is 12.4. The van der Waals surface area contributed by atoms with Crippen LogP contribution in [-0.2, 0) is 6.54 Å². The number of nitrogens with one attached hydrogen (secondary N) is 2. The van der Waals surface area contributed by atoms with Gasteiger partial charge in [0.1, 0.15) is 11.5 Å². The van der Waals surface area contributed by atoms with Gasteiger partial charge in [-0.3, -0.25) is 9.89 Å². The van der Waals surface area contributed by atoms with Gasteiger partial charge >= 0.3 is 6.61 Å². The molecule has 0 aliphatic carbocycles. The van der Waals surface area contributed by atoms with Crippen LogP contribution in [0.15, 0.2) is 48.5 Å². The first-order valence-electron chi connectivity index (χ1n) is 7.56. The molecule has 2 aromatic carbocycles. The van der Waals surface area contributed by atoms with Crippen LogP contribution in [0.1, 0.15) is 16.2 Å². The Bertz CT molecular complexity index is 914. The van der Waals surface area contributed by atoms with Gasteiger partial charge in [0.2, 0.25) is 0 Å². The number of carbonyl (C=O) groups excluding carboxylic acids is 1. The summed E-state index contributed by atoms with van der Waals surface area (Å²) in [5.74, 6) is -0.171. The van der Waals surface area contributed by atoms with Crippen LogP contribution in [0.2, 0.25) is 0 Å². The van der Waals surface area contributed by atoms with Gasteiger partial charge in [-0.1, -0.05) is 24.3 Å². The van der Waals surface area contributed by atoms with Crippen molar-refractivity contribution in [1.82, 2.24) is 20.5 Å². The highest BCUT2D eigenvalue weighted by Crippen LogP contribution is 2.25. The largest absolute Gasteiger partial charge is 0.507 e. The number of alkyl halides is 2. The molecule has 1 amide bonds. The molecule has 134 valence electrons. The van der Waals surface area contributed by atoms with Gasteiger partial charge in [-0.2, -0.15) is 13.9 Å². The molecule has 0 spiro atoms. The fraction of sp³-hybridized carbons (Fsp3) is 0.118. The molecule has 0 unspecified atom stereocenters. The van der Waals surface area contributed by atoms with E-state index in [-0.39, 0.29) is 29.4 Å². The molecule has 0 radical (unpaired) electrons. The molecule has 3 rings (SSSR count). The molecule has 0 saturated heterocycles. The van der Waals surface area contributed by atoms with E-state index in [1.54, 1.807) is 18.2 Å². The van der Waals surface area contributed by atoms with Crippen molar-refractivity contribution >= 4 is 5.91 Å². The number of amides is 1. The molecule has 3 aromatic rings. The van der Waals surface area contributed by atoms with E-state index >= 15 is 0 Å². The third-order valence-corrected chi connectivity index (χ3v) is 3.45. The average molecular weight is 360 g/mol. The van der Waals surface area contributed by atoms with Crippen LogP contribution in [0.4, 0.5) is 8.78 Å². The van der Waals surface area contributed by atoms with Gasteiger partial charge in [0, 0.05) is 0 Å². The number of phenolic OH excluding ortho intramolecular Hbond substituents is 1. The number of halogens is 2. The van der Waals surface area contributed by atoms with Crippen LogP contribution in [-0.4, -0.2) is 32.8 Å². The minimum atomic E-state index is -3.03. The lowest BCUT2D eigenvalue weighted by Gasteiger charge is -2.10. The van der Waals surface area contributed by atoms with Crippen molar-refractivity contribution in [3.05, 3.63) is 59.9 Å². The van der Waals surface area contributed by atoms with Gasteiger partial charge < -0.3 is 15.2 Å². The van der Waals surface area contributed by atoms with Gasteiger partial charge in [0.05, 0.1) is 17.7 Å². The zero-order chi connectivity index (χ0) is 18.5. The van der Waals surface area contributed by atoms with E-state index in [9.17, 15) is 18.7 Å². The minimum Gasteiger partial charge on any atom is -0.507 e. The van der Waals surface area contributed by atoms with Crippen molar-refractivity contribution in [2.24, 2.45) is 0 Å². The number of benzene rings is 2. The fourth-order valence-corrected chi connectivity index (χ4v) is 2.28. The van der Waals surface area contributed by atoms with E-state index in [0.717, 1.165) is 0 Å². The Morgan fingerprint density at radius 2 is 1.92 bits per heavy atom. The van der Waals surface area contributed by atoms with Crippen LogP contribution >= 0.6 is 0 Å². The SMILES string of the molecule is O=C(NCc1n[nH]c(-c2ccccc2O)n1)c1ccccc1OC(F)F. The quantitative estimate of drug-likeness (QED) is 0.628. The second kappa shape index (κ2) is 7.60. The molecule has 1 aromatic heterocycles. The molecular weight excluding hydrogens is 346 g/mol. The number of ether oxygens (including phenoxy) is 1. The molecule has 0 fully saturated rings. The Morgan fingerprint density at radius 3 is 2.69 bits per heavy atom. The standard InChI is InChI=1S/C17H14F2N4O3/c18-17(19)26-13-8-4-2-6-11(13)16(25)20-9-14-21-15(23-22-14)10-5-1-3-7-12(10)24/h1-8,17,24H,9H2,(H,20,25)(H,21,22,23). The number of aromatic nitrogens is 3. The van der Waals surface area contributed by atoms with Crippen molar-refractivity contribution in [3.63, 3.8) is 0 Å². The summed E-state index contributed by atoms with van der Waals surface area (Å²) in [6, 6.07) is 12.3. The zero-order valence-electron chi connectivity index (χ0n) is 13.3. The minimum absolute atomic E-state index is 0.0238. The van der Waals surface area contributed by atoms with Gasteiger partial charge in [0.15, 0.2) is 11.6 Å². The van der Waals surface area contributed by atoms with E-state index in [4.69, 9.17) is 0 Å². The van der Waals surface area contributed by atoms with Crippen molar-refractivity contribution < 1.29 is 23.4 Å². The molecule has 3 N–H and O–H groups in total. The summed E-state index contributed by atoms with van der Waals surface area (Å²) in [6.45, 7) is -3.07. The highest BCUT2D eigenvalue weighted by molar-refractivity contribution is 5.96. The average Bonchev–Trinajstić information content (AvgIpc) is 3.09. The number of nitrogens with zero attached hydrogens (tertiary/aromatic N) is 2. The first-order valence-corrected chi connectivity index (χ1v) is 7.56. The van der Waals surface area contributed by atoms with Crippen molar-refractivity contribution in [2.75, 3.05) is 0 Å². The molecule has 0 aliphatic rings. The summed E-state index contributed by atoms with van der Waals surface area (Å²) >= 11 is 0. The Labute approximate surface area is 146 Å². The van der Waals surface area contributed by atoms with Crippen molar-refractivity contribution in [2.45, 2.75) is 13.2 Å². The Balaban J connectivity index is 1.69. The number of rotatable bonds is 6. The molecule has 9 heteroatoms. The molecule has 0 bridgehead atoms. The van der Waals surface area contributed by atoms with E-state index in [2.05, 4.69) is 25.2 Å². The highest BCUT2D eigenvalue weighted by atomic mass is 19.3. The van der Waals surface area contributed by atoms with Gasteiger partial charge in [-0.15, -0.1) is 0 Å². The van der Waals surface area contributed by atoms with Crippen molar-refractivity contribution in [3.8, 4) is 22.9 Å². The lowest BCUT2D eigenvalue weighted by molar-refractivity contribution is -0.0501. The maximum Gasteiger partial charge on any atom is 0.387 e. The molecule has 0 aliphatic heterocycles. The van der Waals surface area contributed by atoms with E-state index in [1.165, 1.54) is 30.3 Å². The predicted molar refractivity (Wildman–Crippen MR) is 87.7 cm³/mol. The van der Waals surface area contributed by atoms with Crippen LogP contribution < -0.4 is 10.1 Å². The van der Waals surface area contributed by atoms with E-state index in [0.29, 0.717) is 11.4 Å². The highest BCUT2D eigenvalue weighted by Gasteiger charge is 2.16.